The third-order valence-corrected chi connectivity index (χ3v) is 4.05. The van der Waals surface area contributed by atoms with Gasteiger partial charge in [-0.05, 0) is 32.7 Å². The second-order valence-electron chi connectivity index (χ2n) is 5.45. The first-order valence-corrected chi connectivity index (χ1v) is 7.64. The number of H-pyrrole nitrogens is 1. The van der Waals surface area contributed by atoms with Crippen molar-refractivity contribution >= 4 is 11.2 Å². The SMILES string of the molecule is CCCn1c(=O)[nH]c(=O)c2c1nc(C1CCCN1)n2CC. The molecule has 7 heteroatoms. The van der Waals surface area contributed by atoms with Gasteiger partial charge in [0.1, 0.15) is 5.82 Å². The van der Waals surface area contributed by atoms with E-state index in [0.717, 1.165) is 31.6 Å². The van der Waals surface area contributed by atoms with Crippen LogP contribution in [0.5, 0.6) is 0 Å². The third kappa shape index (κ3) is 2.21. The van der Waals surface area contributed by atoms with Crippen molar-refractivity contribution in [3.05, 3.63) is 26.7 Å². The highest BCUT2D eigenvalue weighted by Gasteiger charge is 2.25. The highest BCUT2D eigenvalue weighted by Crippen LogP contribution is 2.24. The van der Waals surface area contributed by atoms with E-state index < -0.39 is 0 Å². The van der Waals surface area contributed by atoms with Crippen LogP contribution in [-0.2, 0) is 13.1 Å². The van der Waals surface area contributed by atoms with Gasteiger partial charge in [0.15, 0.2) is 11.2 Å². The van der Waals surface area contributed by atoms with E-state index in [1.54, 1.807) is 4.57 Å². The summed E-state index contributed by atoms with van der Waals surface area (Å²) in [6.45, 7) is 6.19. The molecule has 0 saturated carbocycles. The molecule has 2 aromatic rings. The van der Waals surface area contributed by atoms with Gasteiger partial charge in [-0.2, -0.15) is 0 Å². The van der Waals surface area contributed by atoms with E-state index in [1.807, 2.05) is 18.4 Å². The molecule has 0 radical (unpaired) electrons. The number of nitrogens with one attached hydrogen (secondary N) is 2. The van der Waals surface area contributed by atoms with Gasteiger partial charge in [0, 0.05) is 13.1 Å². The van der Waals surface area contributed by atoms with Crippen molar-refractivity contribution < 1.29 is 0 Å². The van der Waals surface area contributed by atoms with Crippen molar-refractivity contribution in [2.45, 2.75) is 52.2 Å². The van der Waals surface area contributed by atoms with Gasteiger partial charge in [-0.3, -0.25) is 14.3 Å². The lowest BCUT2D eigenvalue weighted by Crippen LogP contribution is -2.31. The predicted molar refractivity (Wildman–Crippen MR) is 80.6 cm³/mol. The molecular formula is C14H21N5O2. The van der Waals surface area contributed by atoms with E-state index in [4.69, 9.17) is 0 Å². The Morgan fingerprint density at radius 2 is 2.10 bits per heavy atom. The molecule has 21 heavy (non-hydrogen) atoms. The summed E-state index contributed by atoms with van der Waals surface area (Å²) in [4.78, 5) is 31.3. The van der Waals surface area contributed by atoms with Crippen molar-refractivity contribution in [2.24, 2.45) is 0 Å². The molecule has 3 heterocycles. The molecule has 1 saturated heterocycles. The van der Waals surface area contributed by atoms with E-state index in [2.05, 4.69) is 15.3 Å². The minimum atomic E-state index is -0.374. The molecular weight excluding hydrogens is 270 g/mol. The van der Waals surface area contributed by atoms with Gasteiger partial charge >= 0.3 is 5.69 Å². The molecule has 0 bridgehead atoms. The van der Waals surface area contributed by atoms with Crippen LogP contribution in [0.15, 0.2) is 9.59 Å². The monoisotopic (exact) mass is 291 g/mol. The van der Waals surface area contributed by atoms with Crippen LogP contribution in [-0.4, -0.2) is 25.6 Å². The van der Waals surface area contributed by atoms with Crippen LogP contribution in [0.2, 0.25) is 0 Å². The topological polar surface area (TPSA) is 84.7 Å². The number of aromatic amines is 1. The average Bonchev–Trinajstić information content (AvgIpc) is 3.09. The molecule has 0 aliphatic carbocycles. The van der Waals surface area contributed by atoms with E-state index in [1.165, 1.54) is 0 Å². The van der Waals surface area contributed by atoms with Crippen LogP contribution in [0.1, 0.15) is 45.0 Å². The maximum Gasteiger partial charge on any atom is 0.330 e. The van der Waals surface area contributed by atoms with Gasteiger partial charge in [-0.1, -0.05) is 6.92 Å². The normalized spacial score (nSPS) is 18.7. The smallest absolute Gasteiger partial charge is 0.321 e. The molecule has 114 valence electrons. The lowest BCUT2D eigenvalue weighted by Gasteiger charge is -2.11. The number of fused-ring (bicyclic) bond motifs is 1. The number of hydrogen-bond donors (Lipinski definition) is 2. The van der Waals surface area contributed by atoms with Crippen LogP contribution < -0.4 is 16.6 Å². The molecule has 2 N–H and O–H groups in total. The Morgan fingerprint density at radius 1 is 1.29 bits per heavy atom. The van der Waals surface area contributed by atoms with Crippen LogP contribution in [0.3, 0.4) is 0 Å². The van der Waals surface area contributed by atoms with Crippen LogP contribution in [0.25, 0.3) is 11.2 Å². The Morgan fingerprint density at radius 3 is 2.71 bits per heavy atom. The molecule has 0 aromatic carbocycles. The fraction of sp³-hybridized carbons (Fsp3) is 0.643. The van der Waals surface area contributed by atoms with Crippen molar-refractivity contribution in [1.29, 1.82) is 0 Å². The quantitative estimate of drug-likeness (QED) is 0.870. The number of imidazole rings is 1. The Hall–Kier alpha value is -1.89. The summed E-state index contributed by atoms with van der Waals surface area (Å²) in [5, 5.41) is 3.41. The number of hydrogen-bond acceptors (Lipinski definition) is 4. The zero-order valence-electron chi connectivity index (χ0n) is 12.5. The Bertz CT molecular complexity index is 764. The van der Waals surface area contributed by atoms with Crippen LogP contribution >= 0.6 is 0 Å². The molecule has 0 amide bonds. The highest BCUT2D eigenvalue weighted by atomic mass is 16.2. The van der Waals surface area contributed by atoms with E-state index in [0.29, 0.717) is 24.3 Å². The number of nitrogens with zero attached hydrogens (tertiary/aromatic N) is 3. The maximum absolute atomic E-state index is 12.2. The van der Waals surface area contributed by atoms with Crippen LogP contribution in [0.4, 0.5) is 0 Å². The zero-order valence-corrected chi connectivity index (χ0v) is 12.5. The zero-order chi connectivity index (χ0) is 15.0. The largest absolute Gasteiger partial charge is 0.330 e. The van der Waals surface area contributed by atoms with Gasteiger partial charge < -0.3 is 9.88 Å². The summed E-state index contributed by atoms with van der Waals surface area (Å²) >= 11 is 0. The molecule has 7 nitrogen and oxygen atoms in total. The molecule has 0 spiro atoms. The standard InChI is InChI=1S/C14H21N5O2/c1-3-8-19-12-10(13(20)17-14(19)21)18(4-2)11(16-12)9-6-5-7-15-9/h9,15H,3-8H2,1-2H3,(H,17,20,21). The van der Waals surface area contributed by atoms with Gasteiger partial charge in [0.05, 0.1) is 6.04 Å². The summed E-state index contributed by atoms with van der Waals surface area (Å²) in [7, 11) is 0. The molecule has 2 aromatic heterocycles. The molecule has 3 rings (SSSR count). The highest BCUT2D eigenvalue weighted by molar-refractivity contribution is 5.71. The number of rotatable bonds is 4. The first kappa shape index (κ1) is 14.1. The van der Waals surface area contributed by atoms with Crippen molar-refractivity contribution in [3.8, 4) is 0 Å². The van der Waals surface area contributed by atoms with Crippen molar-refractivity contribution in [2.75, 3.05) is 6.54 Å². The van der Waals surface area contributed by atoms with Gasteiger partial charge in [0.25, 0.3) is 5.56 Å². The Kier molecular flexibility index (Phi) is 3.67. The Labute approximate surface area is 122 Å². The predicted octanol–water partition coefficient (Wildman–Crippen LogP) is 0.741. The second-order valence-corrected chi connectivity index (χ2v) is 5.45. The van der Waals surface area contributed by atoms with Crippen LogP contribution in [0, 0.1) is 0 Å². The van der Waals surface area contributed by atoms with Crippen molar-refractivity contribution in [3.63, 3.8) is 0 Å². The van der Waals surface area contributed by atoms with E-state index in [-0.39, 0.29) is 17.3 Å². The first-order chi connectivity index (χ1) is 10.2. The molecule has 1 fully saturated rings. The fourth-order valence-electron chi connectivity index (χ4n) is 3.11. The summed E-state index contributed by atoms with van der Waals surface area (Å²) in [6, 6.07) is 0.168. The summed E-state index contributed by atoms with van der Waals surface area (Å²) in [6.07, 6.45) is 2.94. The summed E-state index contributed by atoms with van der Waals surface area (Å²) < 4.78 is 3.50. The first-order valence-electron chi connectivity index (χ1n) is 7.64. The number of aryl methyl sites for hydroxylation is 2. The lowest BCUT2D eigenvalue weighted by atomic mass is 10.2. The van der Waals surface area contributed by atoms with Gasteiger partial charge in [-0.15, -0.1) is 0 Å². The number of aromatic nitrogens is 4. The maximum atomic E-state index is 12.2. The fourth-order valence-corrected chi connectivity index (χ4v) is 3.11. The lowest BCUT2D eigenvalue weighted by molar-refractivity contribution is 0.564. The van der Waals surface area contributed by atoms with Gasteiger partial charge in [0.2, 0.25) is 0 Å². The summed E-state index contributed by atoms with van der Waals surface area (Å²) in [5.41, 5.74) is 0.299. The minimum Gasteiger partial charge on any atom is -0.321 e. The van der Waals surface area contributed by atoms with E-state index in [9.17, 15) is 9.59 Å². The van der Waals surface area contributed by atoms with E-state index >= 15 is 0 Å². The Balaban J connectivity index is 2.31. The van der Waals surface area contributed by atoms with Gasteiger partial charge in [-0.25, -0.2) is 9.78 Å². The molecule has 1 atom stereocenters. The average molecular weight is 291 g/mol. The van der Waals surface area contributed by atoms with Crippen molar-refractivity contribution in [1.82, 2.24) is 24.4 Å². The second kappa shape index (κ2) is 5.48. The molecule has 1 unspecified atom stereocenters. The molecule has 1 aliphatic heterocycles. The third-order valence-electron chi connectivity index (χ3n) is 4.05. The summed E-state index contributed by atoms with van der Waals surface area (Å²) in [5.74, 6) is 0.867. The molecule has 1 aliphatic rings. The minimum absolute atomic E-state index is 0.168.